The van der Waals surface area contributed by atoms with Gasteiger partial charge in [0, 0.05) is 18.7 Å². The Labute approximate surface area is 186 Å². The number of benzene rings is 2. The average molecular weight is 434 g/mol. The van der Waals surface area contributed by atoms with Crippen LogP contribution >= 0.6 is 0 Å². The maximum absolute atomic E-state index is 13.1. The molecule has 1 atom stereocenters. The van der Waals surface area contributed by atoms with E-state index in [9.17, 15) is 4.79 Å². The van der Waals surface area contributed by atoms with E-state index in [0.29, 0.717) is 30.6 Å². The molecule has 0 N–H and O–H groups in total. The second-order valence-electron chi connectivity index (χ2n) is 8.08. The van der Waals surface area contributed by atoms with Crippen molar-refractivity contribution in [2.24, 2.45) is 0 Å². The molecule has 2 aliphatic rings. The Morgan fingerprint density at radius 1 is 1.09 bits per heavy atom. The Bertz CT molecular complexity index is 1080. The first-order valence-electron chi connectivity index (χ1n) is 11.0. The quantitative estimate of drug-likeness (QED) is 0.608. The maximum atomic E-state index is 13.1. The average Bonchev–Trinajstić information content (AvgIpc) is 3.32. The van der Waals surface area contributed by atoms with Crippen molar-refractivity contribution >= 4 is 11.6 Å². The molecule has 1 aromatic heterocycles. The summed E-state index contributed by atoms with van der Waals surface area (Å²) in [5.74, 6) is 2.52. The molecular weight excluding hydrogens is 408 g/mol. The van der Waals surface area contributed by atoms with Crippen molar-refractivity contribution in [1.82, 2.24) is 15.0 Å². The molecule has 8 heteroatoms. The number of para-hydroxylation sites is 2. The lowest BCUT2D eigenvalue weighted by Crippen LogP contribution is -2.51. The molecule has 0 saturated carbocycles. The van der Waals surface area contributed by atoms with Crippen LogP contribution in [0.1, 0.15) is 25.2 Å². The zero-order chi connectivity index (χ0) is 21.9. The van der Waals surface area contributed by atoms with Crippen LogP contribution in [0.15, 0.2) is 53.1 Å². The number of amides is 1. The van der Waals surface area contributed by atoms with Gasteiger partial charge in [-0.05, 0) is 55.7 Å². The first-order chi connectivity index (χ1) is 15.7. The molecular formula is C24H26N4O4. The van der Waals surface area contributed by atoms with Crippen LogP contribution in [0.4, 0.5) is 5.69 Å². The summed E-state index contributed by atoms with van der Waals surface area (Å²) < 4.78 is 16.8. The summed E-state index contributed by atoms with van der Waals surface area (Å²) in [6, 6.07) is 15.3. The van der Waals surface area contributed by atoms with Crippen molar-refractivity contribution in [3.8, 4) is 22.9 Å². The molecule has 0 radical (unpaired) electrons. The van der Waals surface area contributed by atoms with Gasteiger partial charge in [-0.25, -0.2) is 0 Å². The SMILES string of the molecule is COc1ccc(-c2noc(CN3C[C@H](C(=O)N4CCCCC4)Oc4ccccc43)n2)cc1. The second-order valence-corrected chi connectivity index (χ2v) is 8.08. The minimum absolute atomic E-state index is 0.0497. The highest BCUT2D eigenvalue weighted by Gasteiger charge is 2.34. The van der Waals surface area contributed by atoms with Crippen molar-refractivity contribution in [3.63, 3.8) is 0 Å². The molecule has 0 bridgehead atoms. The van der Waals surface area contributed by atoms with E-state index in [-0.39, 0.29) is 5.91 Å². The van der Waals surface area contributed by atoms with E-state index in [2.05, 4.69) is 15.0 Å². The maximum Gasteiger partial charge on any atom is 0.265 e. The predicted molar refractivity (Wildman–Crippen MR) is 119 cm³/mol. The van der Waals surface area contributed by atoms with Gasteiger partial charge in [-0.3, -0.25) is 4.79 Å². The van der Waals surface area contributed by atoms with Crippen LogP contribution in [0.3, 0.4) is 0 Å². The van der Waals surface area contributed by atoms with E-state index < -0.39 is 6.10 Å². The molecule has 1 saturated heterocycles. The summed E-state index contributed by atoms with van der Waals surface area (Å²) in [5.41, 5.74) is 1.76. The van der Waals surface area contributed by atoms with Gasteiger partial charge in [0.2, 0.25) is 11.7 Å². The van der Waals surface area contributed by atoms with Gasteiger partial charge in [-0.2, -0.15) is 4.98 Å². The minimum Gasteiger partial charge on any atom is -0.497 e. The molecule has 1 amide bonds. The van der Waals surface area contributed by atoms with E-state index in [1.165, 1.54) is 6.42 Å². The molecule has 5 rings (SSSR count). The number of carbonyl (C=O) groups excluding carboxylic acids is 1. The smallest absolute Gasteiger partial charge is 0.265 e. The summed E-state index contributed by atoms with van der Waals surface area (Å²) in [6.07, 6.45) is 2.73. The van der Waals surface area contributed by atoms with Gasteiger partial charge in [0.15, 0.2) is 6.10 Å². The summed E-state index contributed by atoms with van der Waals surface area (Å²) in [4.78, 5) is 21.7. The van der Waals surface area contributed by atoms with Gasteiger partial charge in [0.25, 0.3) is 5.91 Å². The van der Waals surface area contributed by atoms with Crippen molar-refractivity contribution in [2.75, 3.05) is 31.6 Å². The molecule has 2 aromatic carbocycles. The Kier molecular flexibility index (Phi) is 5.66. The van der Waals surface area contributed by atoms with Crippen LogP contribution in [0, 0.1) is 0 Å². The van der Waals surface area contributed by atoms with Gasteiger partial charge in [0.05, 0.1) is 25.9 Å². The lowest BCUT2D eigenvalue weighted by molar-refractivity contribution is -0.139. The molecule has 32 heavy (non-hydrogen) atoms. The number of aromatic nitrogens is 2. The van der Waals surface area contributed by atoms with Crippen LogP contribution in [0.25, 0.3) is 11.4 Å². The number of ether oxygens (including phenoxy) is 2. The number of likely N-dealkylation sites (tertiary alicyclic amines) is 1. The molecule has 2 aliphatic heterocycles. The monoisotopic (exact) mass is 434 g/mol. The second kappa shape index (κ2) is 8.90. The van der Waals surface area contributed by atoms with E-state index in [4.69, 9.17) is 14.0 Å². The van der Waals surface area contributed by atoms with Gasteiger partial charge < -0.3 is 23.8 Å². The molecule has 166 valence electrons. The number of nitrogens with zero attached hydrogens (tertiary/aromatic N) is 4. The number of rotatable bonds is 5. The van der Waals surface area contributed by atoms with Gasteiger partial charge in [-0.1, -0.05) is 17.3 Å². The van der Waals surface area contributed by atoms with Gasteiger partial charge >= 0.3 is 0 Å². The number of fused-ring (bicyclic) bond motifs is 1. The number of hydrogen-bond donors (Lipinski definition) is 0. The number of anilines is 1. The zero-order valence-electron chi connectivity index (χ0n) is 18.1. The van der Waals surface area contributed by atoms with Crippen molar-refractivity contribution in [3.05, 3.63) is 54.4 Å². The van der Waals surface area contributed by atoms with Gasteiger partial charge in [-0.15, -0.1) is 0 Å². The third-order valence-corrected chi connectivity index (χ3v) is 5.95. The van der Waals surface area contributed by atoms with Crippen molar-refractivity contribution < 1.29 is 18.8 Å². The zero-order valence-corrected chi connectivity index (χ0v) is 18.1. The van der Waals surface area contributed by atoms with E-state index in [0.717, 1.165) is 42.9 Å². The van der Waals surface area contributed by atoms with Gasteiger partial charge in [0.1, 0.15) is 11.5 Å². The highest BCUT2D eigenvalue weighted by atomic mass is 16.5. The molecule has 3 heterocycles. The van der Waals surface area contributed by atoms with Crippen molar-refractivity contribution in [2.45, 2.75) is 31.9 Å². The largest absolute Gasteiger partial charge is 0.497 e. The molecule has 1 fully saturated rings. The topological polar surface area (TPSA) is 80.9 Å². The molecule has 0 aliphatic carbocycles. The Balaban J connectivity index is 1.35. The fraction of sp³-hybridized carbons (Fsp3) is 0.375. The first-order valence-corrected chi connectivity index (χ1v) is 11.0. The molecule has 0 unspecified atom stereocenters. The standard InChI is InChI=1S/C24H26N4O4/c1-30-18-11-9-17(10-12-18)23-25-22(32-26-23)16-28-15-21(24(29)27-13-5-2-6-14-27)31-20-8-4-3-7-19(20)28/h3-4,7-12,21H,2,5-6,13-16H2,1H3/t21-/m1/s1. The van der Waals surface area contributed by atoms with Crippen molar-refractivity contribution in [1.29, 1.82) is 0 Å². The third kappa shape index (κ3) is 4.12. The number of hydrogen-bond acceptors (Lipinski definition) is 7. The number of carbonyl (C=O) groups is 1. The van der Waals surface area contributed by atoms with E-state index >= 15 is 0 Å². The highest BCUT2D eigenvalue weighted by Crippen LogP contribution is 2.34. The number of methoxy groups -OCH3 is 1. The van der Waals surface area contributed by atoms with Crippen LogP contribution in [0.5, 0.6) is 11.5 Å². The molecule has 8 nitrogen and oxygen atoms in total. The lowest BCUT2D eigenvalue weighted by atomic mass is 10.1. The number of piperidine rings is 1. The van der Waals surface area contributed by atoms with E-state index in [1.54, 1.807) is 7.11 Å². The van der Waals surface area contributed by atoms with Crippen LogP contribution in [-0.2, 0) is 11.3 Å². The highest BCUT2D eigenvalue weighted by molar-refractivity contribution is 5.83. The third-order valence-electron chi connectivity index (χ3n) is 5.95. The predicted octanol–water partition coefficient (Wildman–Crippen LogP) is 3.53. The lowest BCUT2D eigenvalue weighted by Gasteiger charge is -2.37. The molecule has 0 spiro atoms. The van der Waals surface area contributed by atoms with Crippen LogP contribution < -0.4 is 14.4 Å². The van der Waals surface area contributed by atoms with Crippen LogP contribution in [-0.4, -0.2) is 53.8 Å². The Morgan fingerprint density at radius 2 is 1.88 bits per heavy atom. The summed E-state index contributed by atoms with van der Waals surface area (Å²) in [5, 5.41) is 4.13. The normalized spacial score (nSPS) is 18.1. The first kappa shape index (κ1) is 20.4. The molecule has 3 aromatic rings. The Morgan fingerprint density at radius 3 is 2.66 bits per heavy atom. The fourth-order valence-electron chi connectivity index (χ4n) is 4.24. The minimum atomic E-state index is -0.549. The summed E-state index contributed by atoms with van der Waals surface area (Å²) in [7, 11) is 1.63. The van der Waals surface area contributed by atoms with Crippen LogP contribution in [0.2, 0.25) is 0 Å². The van der Waals surface area contributed by atoms with E-state index in [1.807, 2.05) is 53.4 Å². The fourth-order valence-corrected chi connectivity index (χ4v) is 4.24. The summed E-state index contributed by atoms with van der Waals surface area (Å²) in [6.45, 7) is 2.43. The summed E-state index contributed by atoms with van der Waals surface area (Å²) >= 11 is 0. The Hall–Kier alpha value is -3.55.